The van der Waals surface area contributed by atoms with Gasteiger partial charge < -0.3 is 14.6 Å². The van der Waals surface area contributed by atoms with Gasteiger partial charge in [-0.2, -0.15) is 10.5 Å². The van der Waals surface area contributed by atoms with E-state index in [1.807, 2.05) is 30.3 Å². The summed E-state index contributed by atoms with van der Waals surface area (Å²) in [6.07, 6.45) is 5.79. The molecule has 0 aliphatic carbocycles. The molecule has 2 aromatic carbocycles. The maximum atomic E-state index is 9.20. The largest absolute Gasteiger partial charge is 0.438 e. The molecule has 3 heterocycles. The van der Waals surface area contributed by atoms with Gasteiger partial charge in [0.2, 0.25) is 5.88 Å². The normalized spacial score (nSPS) is 13.9. The Kier molecular flexibility index (Phi) is 6.61. The van der Waals surface area contributed by atoms with E-state index in [4.69, 9.17) is 4.74 Å². The van der Waals surface area contributed by atoms with E-state index in [1.165, 1.54) is 11.3 Å². The number of aromatic amines is 1. The number of aromatic nitrogens is 2. The van der Waals surface area contributed by atoms with Gasteiger partial charge in [0.15, 0.2) is 0 Å². The molecule has 0 bridgehead atoms. The van der Waals surface area contributed by atoms with Gasteiger partial charge in [0.05, 0.1) is 11.6 Å². The summed E-state index contributed by atoms with van der Waals surface area (Å²) in [6.45, 7) is 5.10. The van der Waals surface area contributed by atoms with Gasteiger partial charge in [-0.25, -0.2) is 4.98 Å². The predicted molar refractivity (Wildman–Crippen MR) is 135 cm³/mol. The van der Waals surface area contributed by atoms with Crippen LogP contribution in [0.3, 0.4) is 0 Å². The number of rotatable bonds is 7. The Balaban J connectivity index is 1.11. The Morgan fingerprint density at radius 3 is 2.57 bits per heavy atom. The number of ether oxygens (including phenoxy) is 1. The van der Waals surface area contributed by atoms with Crippen LogP contribution in [0.15, 0.2) is 67.0 Å². The number of fused-ring (bicyclic) bond motifs is 1. The van der Waals surface area contributed by atoms with Crippen molar-refractivity contribution in [2.45, 2.75) is 12.8 Å². The standard InChI is InChI=1S/C28H26N6O/c29-18-21-5-10-27-26(17-21)23(20-32-27)4-2-12-33-13-15-34(16-14-33)24-6-8-25(9-7-24)35-28-22(19-30)3-1-11-31-28/h1,3,5-11,17,20,32H,2,4,12-16H2. The first-order chi connectivity index (χ1) is 17.2. The average Bonchev–Trinajstić information content (AvgIpc) is 3.32. The molecule has 2 aromatic heterocycles. The molecule has 1 saturated heterocycles. The van der Waals surface area contributed by atoms with E-state index in [0.29, 0.717) is 22.8 Å². The van der Waals surface area contributed by atoms with E-state index in [2.05, 4.69) is 50.2 Å². The molecule has 174 valence electrons. The van der Waals surface area contributed by atoms with E-state index < -0.39 is 0 Å². The molecular weight excluding hydrogens is 436 g/mol. The topological polar surface area (TPSA) is 92.0 Å². The molecule has 0 saturated carbocycles. The number of benzene rings is 2. The highest BCUT2D eigenvalue weighted by Gasteiger charge is 2.17. The third-order valence-electron chi connectivity index (χ3n) is 6.50. The highest BCUT2D eigenvalue weighted by Crippen LogP contribution is 2.26. The van der Waals surface area contributed by atoms with Crippen LogP contribution in [0.4, 0.5) is 5.69 Å². The maximum absolute atomic E-state index is 9.20. The van der Waals surface area contributed by atoms with Crippen LogP contribution in [-0.4, -0.2) is 47.6 Å². The lowest BCUT2D eigenvalue weighted by Crippen LogP contribution is -2.46. The molecule has 1 fully saturated rings. The first-order valence-corrected chi connectivity index (χ1v) is 11.8. The third kappa shape index (κ3) is 5.11. The fourth-order valence-electron chi connectivity index (χ4n) is 4.57. The van der Waals surface area contributed by atoms with Crippen LogP contribution in [0, 0.1) is 22.7 Å². The van der Waals surface area contributed by atoms with E-state index in [1.54, 1.807) is 18.3 Å². The third-order valence-corrected chi connectivity index (χ3v) is 6.50. The lowest BCUT2D eigenvalue weighted by molar-refractivity contribution is 0.255. The monoisotopic (exact) mass is 462 g/mol. The van der Waals surface area contributed by atoms with Gasteiger partial charge in [-0.3, -0.25) is 4.90 Å². The zero-order valence-electron chi connectivity index (χ0n) is 19.4. The summed E-state index contributed by atoms with van der Waals surface area (Å²) in [7, 11) is 0. The van der Waals surface area contributed by atoms with Crippen LogP contribution in [0.2, 0.25) is 0 Å². The molecule has 0 spiro atoms. The van der Waals surface area contributed by atoms with Gasteiger partial charge in [0.1, 0.15) is 17.4 Å². The summed E-state index contributed by atoms with van der Waals surface area (Å²) in [5.74, 6) is 0.997. The molecule has 5 rings (SSSR count). The second-order valence-corrected chi connectivity index (χ2v) is 8.68. The number of aryl methyl sites for hydroxylation is 1. The molecule has 4 aromatic rings. The van der Waals surface area contributed by atoms with Crippen molar-refractivity contribution in [3.63, 3.8) is 0 Å². The van der Waals surface area contributed by atoms with Crippen LogP contribution in [0.1, 0.15) is 23.1 Å². The quantitative estimate of drug-likeness (QED) is 0.422. The number of nitrogens with zero attached hydrogens (tertiary/aromatic N) is 5. The zero-order chi connectivity index (χ0) is 24.0. The van der Waals surface area contributed by atoms with Crippen molar-refractivity contribution >= 4 is 16.6 Å². The molecule has 0 amide bonds. The van der Waals surface area contributed by atoms with E-state index in [-0.39, 0.29) is 0 Å². The highest BCUT2D eigenvalue weighted by atomic mass is 16.5. The number of nitrogens with one attached hydrogen (secondary N) is 1. The van der Waals surface area contributed by atoms with E-state index in [0.717, 1.165) is 56.5 Å². The van der Waals surface area contributed by atoms with Gasteiger partial charge in [-0.1, -0.05) is 0 Å². The van der Waals surface area contributed by atoms with Crippen molar-refractivity contribution in [3.8, 4) is 23.8 Å². The first kappa shape index (κ1) is 22.5. The Morgan fingerprint density at radius 1 is 0.971 bits per heavy atom. The summed E-state index contributed by atoms with van der Waals surface area (Å²) in [5, 5.41) is 19.5. The molecule has 7 nitrogen and oxygen atoms in total. The van der Waals surface area contributed by atoms with Crippen LogP contribution >= 0.6 is 0 Å². The minimum atomic E-state index is 0.328. The van der Waals surface area contributed by atoms with E-state index >= 15 is 0 Å². The van der Waals surface area contributed by atoms with Gasteiger partial charge in [0.25, 0.3) is 0 Å². The summed E-state index contributed by atoms with van der Waals surface area (Å²) < 4.78 is 5.80. The molecule has 1 aliphatic rings. The zero-order valence-corrected chi connectivity index (χ0v) is 19.4. The highest BCUT2D eigenvalue weighted by molar-refractivity contribution is 5.84. The minimum Gasteiger partial charge on any atom is -0.438 e. The van der Waals surface area contributed by atoms with Crippen LogP contribution in [-0.2, 0) is 6.42 Å². The number of nitriles is 2. The second kappa shape index (κ2) is 10.3. The smallest absolute Gasteiger partial charge is 0.237 e. The number of pyridine rings is 1. The van der Waals surface area contributed by atoms with Crippen molar-refractivity contribution in [1.82, 2.24) is 14.9 Å². The number of hydrogen-bond donors (Lipinski definition) is 1. The van der Waals surface area contributed by atoms with Crippen LogP contribution < -0.4 is 9.64 Å². The fourth-order valence-corrected chi connectivity index (χ4v) is 4.57. The number of piperazine rings is 1. The Labute approximate surface area is 204 Å². The Bertz CT molecular complexity index is 1390. The summed E-state index contributed by atoms with van der Waals surface area (Å²) in [4.78, 5) is 12.4. The van der Waals surface area contributed by atoms with Crippen molar-refractivity contribution in [2.24, 2.45) is 0 Å². The summed E-state index contributed by atoms with van der Waals surface area (Å²) >= 11 is 0. The summed E-state index contributed by atoms with van der Waals surface area (Å²) in [5.41, 5.74) is 4.67. The molecule has 0 atom stereocenters. The van der Waals surface area contributed by atoms with Gasteiger partial charge in [-0.15, -0.1) is 0 Å². The Hall–Kier alpha value is -4.33. The molecule has 7 heteroatoms. The van der Waals surface area contributed by atoms with Crippen molar-refractivity contribution in [2.75, 3.05) is 37.6 Å². The molecule has 35 heavy (non-hydrogen) atoms. The fraction of sp³-hybridized carbons (Fsp3) is 0.250. The van der Waals surface area contributed by atoms with Crippen molar-refractivity contribution < 1.29 is 4.74 Å². The number of anilines is 1. The van der Waals surface area contributed by atoms with Crippen LogP contribution in [0.5, 0.6) is 11.6 Å². The SMILES string of the molecule is N#Cc1ccc2[nH]cc(CCCN3CCN(c4ccc(Oc5ncccc5C#N)cc4)CC3)c2c1. The van der Waals surface area contributed by atoms with Crippen molar-refractivity contribution in [1.29, 1.82) is 10.5 Å². The van der Waals surface area contributed by atoms with Gasteiger partial charge in [0, 0.05) is 55.2 Å². The predicted octanol–water partition coefficient (Wildman–Crippen LogP) is 4.85. The molecule has 1 aliphatic heterocycles. The summed E-state index contributed by atoms with van der Waals surface area (Å²) in [6, 6.07) is 21.6. The molecule has 0 unspecified atom stereocenters. The lowest BCUT2D eigenvalue weighted by atomic mass is 10.1. The second-order valence-electron chi connectivity index (χ2n) is 8.68. The minimum absolute atomic E-state index is 0.328. The Morgan fingerprint density at radius 2 is 1.80 bits per heavy atom. The van der Waals surface area contributed by atoms with E-state index in [9.17, 15) is 10.5 Å². The average molecular weight is 463 g/mol. The maximum Gasteiger partial charge on any atom is 0.237 e. The lowest BCUT2D eigenvalue weighted by Gasteiger charge is -2.36. The van der Waals surface area contributed by atoms with Crippen LogP contribution in [0.25, 0.3) is 10.9 Å². The number of H-pyrrole nitrogens is 1. The molecular formula is C28H26N6O. The van der Waals surface area contributed by atoms with Crippen molar-refractivity contribution in [3.05, 3.63) is 83.7 Å². The molecule has 1 N–H and O–H groups in total. The first-order valence-electron chi connectivity index (χ1n) is 11.8. The van der Waals surface area contributed by atoms with Gasteiger partial charge in [-0.05, 0) is 79.5 Å². The number of hydrogen-bond acceptors (Lipinski definition) is 6. The molecule has 0 radical (unpaired) electrons. The van der Waals surface area contributed by atoms with Gasteiger partial charge >= 0.3 is 0 Å².